The summed E-state index contributed by atoms with van der Waals surface area (Å²) in [5.74, 6) is 0.644. The van der Waals surface area contributed by atoms with Crippen molar-refractivity contribution in [2.75, 3.05) is 51.2 Å². The highest BCUT2D eigenvalue weighted by atomic mass is 127. The number of para-hydroxylation sites is 1. The number of carbonyl (C=O) groups excluding carboxylic acids is 2. The Morgan fingerprint density at radius 1 is 1.14 bits per heavy atom. The molecule has 3 rings (SSSR count). The van der Waals surface area contributed by atoms with E-state index in [1.165, 1.54) is 0 Å². The second-order valence-electron chi connectivity index (χ2n) is 6.90. The molecule has 1 unspecified atom stereocenters. The topological polar surface area (TPSA) is 86.3 Å². The fourth-order valence-corrected chi connectivity index (χ4v) is 3.41. The lowest BCUT2D eigenvalue weighted by Gasteiger charge is -2.37. The number of nitrogens with zero attached hydrogens (tertiary/aromatic N) is 3. The van der Waals surface area contributed by atoms with E-state index >= 15 is 0 Å². The molecule has 2 aliphatic heterocycles. The van der Waals surface area contributed by atoms with E-state index in [4.69, 9.17) is 4.74 Å². The van der Waals surface area contributed by atoms with Gasteiger partial charge in [0.15, 0.2) is 5.96 Å². The lowest BCUT2D eigenvalue weighted by molar-refractivity contribution is -0.142. The standard InChI is InChI=1S/C20H29N5O3.HI/c1-2-21-20(22-15-18(26)23-16-7-4-3-5-8-16)25-12-10-24(11-13-25)19(27)17-9-6-14-28-17;/h3-5,7-8,17H,2,6,9-15H2,1H3,(H,21,22)(H,23,26);1H. The number of amides is 2. The maximum absolute atomic E-state index is 12.5. The van der Waals surface area contributed by atoms with E-state index in [0.29, 0.717) is 45.3 Å². The zero-order chi connectivity index (χ0) is 19.8. The van der Waals surface area contributed by atoms with Gasteiger partial charge in [0.1, 0.15) is 12.6 Å². The third-order valence-corrected chi connectivity index (χ3v) is 4.86. The van der Waals surface area contributed by atoms with Crippen LogP contribution in [0.2, 0.25) is 0 Å². The van der Waals surface area contributed by atoms with Gasteiger partial charge in [-0.2, -0.15) is 0 Å². The molecular weight excluding hydrogens is 485 g/mol. The smallest absolute Gasteiger partial charge is 0.251 e. The summed E-state index contributed by atoms with van der Waals surface area (Å²) in [4.78, 5) is 33.1. The molecule has 2 saturated heterocycles. The van der Waals surface area contributed by atoms with Crippen molar-refractivity contribution in [2.24, 2.45) is 4.99 Å². The Morgan fingerprint density at radius 3 is 2.45 bits per heavy atom. The van der Waals surface area contributed by atoms with Crippen molar-refractivity contribution < 1.29 is 14.3 Å². The highest BCUT2D eigenvalue weighted by Crippen LogP contribution is 2.16. The molecule has 2 heterocycles. The second kappa shape index (κ2) is 12.0. The van der Waals surface area contributed by atoms with Gasteiger partial charge in [0.25, 0.3) is 5.91 Å². The third-order valence-electron chi connectivity index (χ3n) is 4.86. The van der Waals surface area contributed by atoms with Crippen molar-refractivity contribution in [3.8, 4) is 0 Å². The van der Waals surface area contributed by atoms with E-state index in [9.17, 15) is 9.59 Å². The van der Waals surface area contributed by atoms with Crippen molar-refractivity contribution in [3.63, 3.8) is 0 Å². The van der Waals surface area contributed by atoms with E-state index in [2.05, 4.69) is 20.5 Å². The minimum Gasteiger partial charge on any atom is -0.368 e. The largest absolute Gasteiger partial charge is 0.368 e. The summed E-state index contributed by atoms with van der Waals surface area (Å²) in [5.41, 5.74) is 0.758. The fourth-order valence-electron chi connectivity index (χ4n) is 3.41. The summed E-state index contributed by atoms with van der Waals surface area (Å²) in [6, 6.07) is 9.34. The molecule has 29 heavy (non-hydrogen) atoms. The average Bonchev–Trinajstić information content (AvgIpc) is 3.26. The molecular formula is C20H30IN5O3. The first-order valence-electron chi connectivity index (χ1n) is 9.96. The Labute approximate surface area is 189 Å². The van der Waals surface area contributed by atoms with Gasteiger partial charge in [-0.3, -0.25) is 9.59 Å². The van der Waals surface area contributed by atoms with Gasteiger partial charge in [0.2, 0.25) is 5.91 Å². The minimum atomic E-state index is -0.268. The number of carbonyl (C=O) groups is 2. The van der Waals surface area contributed by atoms with Crippen LogP contribution in [0.1, 0.15) is 19.8 Å². The Hall–Kier alpha value is -1.88. The Bertz CT molecular complexity index is 687. The first-order valence-corrected chi connectivity index (χ1v) is 9.96. The number of anilines is 1. The molecule has 0 aromatic heterocycles. The predicted octanol–water partition coefficient (Wildman–Crippen LogP) is 1.53. The molecule has 0 radical (unpaired) electrons. The number of piperazine rings is 1. The van der Waals surface area contributed by atoms with Crippen molar-refractivity contribution in [2.45, 2.75) is 25.9 Å². The van der Waals surface area contributed by atoms with Crippen LogP contribution in [0.4, 0.5) is 5.69 Å². The SMILES string of the molecule is CCNC(=NCC(=O)Nc1ccccc1)N1CCN(C(=O)C2CCCO2)CC1.I. The summed E-state index contributed by atoms with van der Waals surface area (Å²) < 4.78 is 5.51. The van der Waals surface area contributed by atoms with Crippen LogP contribution in [-0.2, 0) is 14.3 Å². The van der Waals surface area contributed by atoms with E-state index in [1.54, 1.807) is 0 Å². The van der Waals surface area contributed by atoms with Crippen molar-refractivity contribution >= 4 is 47.4 Å². The number of nitrogens with one attached hydrogen (secondary N) is 2. The molecule has 0 bridgehead atoms. The quantitative estimate of drug-likeness (QED) is 0.353. The van der Waals surface area contributed by atoms with Crippen molar-refractivity contribution in [1.29, 1.82) is 0 Å². The van der Waals surface area contributed by atoms with Crippen LogP contribution in [0.5, 0.6) is 0 Å². The van der Waals surface area contributed by atoms with Gasteiger partial charge in [0.05, 0.1) is 0 Å². The molecule has 0 spiro atoms. The number of hydrogen-bond acceptors (Lipinski definition) is 4. The molecule has 2 N–H and O–H groups in total. The van der Waals surface area contributed by atoms with Gasteiger partial charge >= 0.3 is 0 Å². The molecule has 160 valence electrons. The van der Waals surface area contributed by atoms with E-state index in [0.717, 1.165) is 18.5 Å². The number of hydrogen-bond donors (Lipinski definition) is 2. The molecule has 0 saturated carbocycles. The first kappa shape index (κ1) is 23.4. The van der Waals surface area contributed by atoms with Crippen molar-refractivity contribution in [1.82, 2.24) is 15.1 Å². The summed E-state index contributed by atoms with van der Waals surface area (Å²) in [7, 11) is 0. The molecule has 1 atom stereocenters. The second-order valence-corrected chi connectivity index (χ2v) is 6.90. The Balaban J connectivity index is 0.00000300. The van der Waals surface area contributed by atoms with Gasteiger partial charge in [-0.25, -0.2) is 4.99 Å². The lowest BCUT2D eigenvalue weighted by atomic mass is 10.2. The van der Waals surface area contributed by atoms with Gasteiger partial charge in [-0.1, -0.05) is 18.2 Å². The highest BCUT2D eigenvalue weighted by molar-refractivity contribution is 14.0. The minimum absolute atomic E-state index is 0. The van der Waals surface area contributed by atoms with Crippen LogP contribution in [-0.4, -0.2) is 79.6 Å². The van der Waals surface area contributed by atoms with Crippen LogP contribution in [0, 0.1) is 0 Å². The molecule has 1 aromatic carbocycles. The van der Waals surface area contributed by atoms with Gasteiger partial charge in [0, 0.05) is 45.0 Å². The number of aliphatic imine (C=N–C) groups is 1. The zero-order valence-electron chi connectivity index (χ0n) is 16.8. The third kappa shape index (κ3) is 6.84. The molecule has 2 fully saturated rings. The van der Waals surface area contributed by atoms with E-state index in [-0.39, 0.29) is 48.4 Å². The summed E-state index contributed by atoms with van der Waals surface area (Å²) in [6.07, 6.45) is 1.51. The van der Waals surface area contributed by atoms with Crippen LogP contribution in [0.15, 0.2) is 35.3 Å². The Kier molecular flexibility index (Phi) is 9.65. The van der Waals surface area contributed by atoms with Crippen LogP contribution < -0.4 is 10.6 Å². The molecule has 2 aliphatic rings. The monoisotopic (exact) mass is 515 g/mol. The van der Waals surface area contributed by atoms with E-state index in [1.807, 2.05) is 42.2 Å². The predicted molar refractivity (Wildman–Crippen MR) is 124 cm³/mol. The molecule has 8 nitrogen and oxygen atoms in total. The normalized spacial score (nSPS) is 19.5. The Morgan fingerprint density at radius 2 is 1.83 bits per heavy atom. The maximum atomic E-state index is 12.5. The van der Waals surface area contributed by atoms with E-state index < -0.39 is 0 Å². The highest BCUT2D eigenvalue weighted by Gasteiger charge is 2.30. The summed E-state index contributed by atoms with van der Waals surface area (Å²) in [5, 5.41) is 6.07. The number of guanidine groups is 1. The number of rotatable bonds is 5. The average molecular weight is 515 g/mol. The first-order chi connectivity index (χ1) is 13.7. The molecule has 0 aliphatic carbocycles. The van der Waals surface area contributed by atoms with Gasteiger partial charge in [-0.15, -0.1) is 24.0 Å². The molecule has 2 amide bonds. The number of benzene rings is 1. The van der Waals surface area contributed by atoms with Crippen molar-refractivity contribution in [3.05, 3.63) is 30.3 Å². The molecule has 1 aromatic rings. The van der Waals surface area contributed by atoms with Crippen LogP contribution in [0.3, 0.4) is 0 Å². The summed E-state index contributed by atoms with van der Waals surface area (Å²) >= 11 is 0. The fraction of sp³-hybridized carbons (Fsp3) is 0.550. The maximum Gasteiger partial charge on any atom is 0.251 e. The zero-order valence-corrected chi connectivity index (χ0v) is 19.1. The van der Waals surface area contributed by atoms with Crippen LogP contribution >= 0.6 is 24.0 Å². The van der Waals surface area contributed by atoms with Gasteiger partial charge < -0.3 is 25.2 Å². The number of ether oxygens (including phenoxy) is 1. The lowest BCUT2D eigenvalue weighted by Crippen LogP contribution is -2.55. The molecule has 9 heteroatoms. The number of halogens is 1. The summed E-state index contributed by atoms with van der Waals surface area (Å²) in [6.45, 7) is 6.09. The van der Waals surface area contributed by atoms with Gasteiger partial charge in [-0.05, 0) is 31.9 Å². The van der Waals surface area contributed by atoms with Crippen LogP contribution in [0.25, 0.3) is 0 Å².